The summed E-state index contributed by atoms with van der Waals surface area (Å²) in [5.41, 5.74) is 1.06. The van der Waals surface area contributed by atoms with Gasteiger partial charge in [0, 0.05) is 19.4 Å². The molecule has 0 aliphatic carbocycles. The molecular formula is C14H17N3O. The van der Waals surface area contributed by atoms with E-state index in [4.69, 9.17) is 0 Å². The van der Waals surface area contributed by atoms with Gasteiger partial charge in [-0.25, -0.2) is 4.98 Å². The largest absolute Gasteiger partial charge is 0.359 e. The molecule has 0 amide bonds. The summed E-state index contributed by atoms with van der Waals surface area (Å²) in [6.45, 7) is 2.08. The number of hydrogen-bond donors (Lipinski definition) is 1. The Labute approximate surface area is 106 Å². The fraction of sp³-hybridized carbons (Fsp3) is 0.286. The number of nitrogens with one attached hydrogen (secondary N) is 1. The molecule has 4 heteroatoms. The number of benzene rings is 1. The highest BCUT2D eigenvalue weighted by Gasteiger charge is 2.11. The number of aryl methyl sites for hydroxylation is 1. The van der Waals surface area contributed by atoms with Crippen LogP contribution in [0.4, 0.5) is 5.82 Å². The molecule has 1 atom stereocenters. The Kier molecular flexibility index (Phi) is 3.77. The Hall–Kier alpha value is -2.10. The lowest BCUT2D eigenvalue weighted by Crippen LogP contribution is -2.24. The normalized spacial score (nSPS) is 12.1. The van der Waals surface area contributed by atoms with E-state index in [1.165, 1.54) is 4.57 Å². The van der Waals surface area contributed by atoms with Crippen LogP contribution in [0.2, 0.25) is 0 Å². The number of nitrogens with zero attached hydrogens (tertiary/aromatic N) is 2. The van der Waals surface area contributed by atoms with Crippen LogP contribution in [0.1, 0.15) is 24.9 Å². The lowest BCUT2D eigenvalue weighted by molar-refractivity contribution is 0.733. The second kappa shape index (κ2) is 5.49. The highest BCUT2D eigenvalue weighted by atomic mass is 16.1. The minimum absolute atomic E-state index is 0.105. The third kappa shape index (κ3) is 2.59. The maximum absolute atomic E-state index is 11.9. The van der Waals surface area contributed by atoms with Gasteiger partial charge >= 0.3 is 0 Å². The molecule has 4 nitrogen and oxygen atoms in total. The van der Waals surface area contributed by atoms with Crippen molar-refractivity contribution in [2.24, 2.45) is 7.05 Å². The molecule has 0 bridgehead atoms. The van der Waals surface area contributed by atoms with Crippen molar-refractivity contribution in [1.82, 2.24) is 9.55 Å². The number of aromatic nitrogens is 2. The lowest BCUT2D eigenvalue weighted by Gasteiger charge is -2.17. The molecule has 0 saturated heterocycles. The van der Waals surface area contributed by atoms with Crippen molar-refractivity contribution in [2.45, 2.75) is 19.4 Å². The molecule has 2 aromatic rings. The van der Waals surface area contributed by atoms with E-state index in [-0.39, 0.29) is 11.6 Å². The number of anilines is 1. The SMILES string of the molecule is CCC(Nc1nccn(C)c1=O)c1ccccc1. The van der Waals surface area contributed by atoms with Gasteiger partial charge in [-0.1, -0.05) is 37.3 Å². The molecule has 1 heterocycles. The molecule has 2 rings (SSSR count). The summed E-state index contributed by atoms with van der Waals surface area (Å²) >= 11 is 0. The summed E-state index contributed by atoms with van der Waals surface area (Å²) in [5, 5.41) is 3.21. The molecule has 0 fully saturated rings. The second-order valence-electron chi connectivity index (χ2n) is 4.21. The van der Waals surface area contributed by atoms with Gasteiger partial charge in [0.05, 0.1) is 6.04 Å². The summed E-state index contributed by atoms with van der Waals surface area (Å²) in [6.07, 6.45) is 4.17. The zero-order valence-electron chi connectivity index (χ0n) is 10.6. The van der Waals surface area contributed by atoms with Crippen LogP contribution in [0.5, 0.6) is 0 Å². The summed E-state index contributed by atoms with van der Waals surface area (Å²) in [7, 11) is 1.72. The maximum Gasteiger partial charge on any atom is 0.293 e. The van der Waals surface area contributed by atoms with Crippen LogP contribution in [-0.4, -0.2) is 9.55 Å². The highest BCUT2D eigenvalue weighted by molar-refractivity contribution is 5.36. The zero-order valence-corrected chi connectivity index (χ0v) is 10.6. The van der Waals surface area contributed by atoms with Crippen LogP contribution < -0.4 is 10.9 Å². The molecular weight excluding hydrogens is 226 g/mol. The minimum atomic E-state index is -0.105. The van der Waals surface area contributed by atoms with E-state index in [0.29, 0.717) is 5.82 Å². The van der Waals surface area contributed by atoms with Crippen molar-refractivity contribution in [3.05, 3.63) is 58.6 Å². The molecule has 0 aliphatic rings. The van der Waals surface area contributed by atoms with Crippen LogP contribution in [0.15, 0.2) is 47.5 Å². The van der Waals surface area contributed by atoms with Crippen molar-refractivity contribution >= 4 is 5.82 Å². The van der Waals surface area contributed by atoms with Crippen LogP contribution in [0, 0.1) is 0 Å². The van der Waals surface area contributed by atoms with Gasteiger partial charge in [0.1, 0.15) is 0 Å². The Morgan fingerprint density at radius 2 is 2.06 bits per heavy atom. The van der Waals surface area contributed by atoms with Gasteiger partial charge in [-0.2, -0.15) is 0 Å². The zero-order chi connectivity index (χ0) is 13.0. The molecule has 1 aromatic heterocycles. The van der Waals surface area contributed by atoms with Gasteiger partial charge < -0.3 is 9.88 Å². The van der Waals surface area contributed by atoms with Gasteiger partial charge in [0.2, 0.25) is 0 Å². The lowest BCUT2D eigenvalue weighted by atomic mass is 10.1. The predicted molar refractivity (Wildman–Crippen MR) is 72.6 cm³/mol. The Bertz CT molecular complexity index is 563. The van der Waals surface area contributed by atoms with Crippen LogP contribution >= 0.6 is 0 Å². The molecule has 0 saturated carbocycles. The summed E-state index contributed by atoms with van der Waals surface area (Å²) in [6, 6.07) is 10.2. The number of rotatable bonds is 4. The molecule has 0 radical (unpaired) electrons. The van der Waals surface area contributed by atoms with Gasteiger partial charge in [0.25, 0.3) is 5.56 Å². The van der Waals surface area contributed by atoms with E-state index in [1.807, 2.05) is 18.2 Å². The summed E-state index contributed by atoms with van der Waals surface area (Å²) in [5.74, 6) is 0.399. The predicted octanol–water partition coefficient (Wildman–Crippen LogP) is 2.34. The first-order valence-corrected chi connectivity index (χ1v) is 6.05. The van der Waals surface area contributed by atoms with Crippen molar-refractivity contribution in [2.75, 3.05) is 5.32 Å². The molecule has 1 N–H and O–H groups in total. The first kappa shape index (κ1) is 12.4. The standard InChI is InChI=1S/C14H17N3O/c1-3-12(11-7-5-4-6-8-11)16-13-14(18)17(2)10-9-15-13/h4-10,12H,3H2,1-2H3,(H,15,16). The Balaban J connectivity index is 2.27. The quantitative estimate of drug-likeness (QED) is 0.896. The fourth-order valence-electron chi connectivity index (χ4n) is 1.87. The van der Waals surface area contributed by atoms with E-state index in [0.717, 1.165) is 12.0 Å². The Morgan fingerprint density at radius 3 is 2.72 bits per heavy atom. The van der Waals surface area contributed by atoms with Crippen molar-refractivity contribution in [3.8, 4) is 0 Å². The van der Waals surface area contributed by atoms with E-state index in [2.05, 4.69) is 29.4 Å². The second-order valence-corrected chi connectivity index (χ2v) is 4.21. The molecule has 18 heavy (non-hydrogen) atoms. The van der Waals surface area contributed by atoms with Crippen molar-refractivity contribution in [3.63, 3.8) is 0 Å². The number of hydrogen-bond acceptors (Lipinski definition) is 3. The van der Waals surface area contributed by atoms with E-state index < -0.39 is 0 Å². The van der Waals surface area contributed by atoms with Crippen LogP contribution in [0.25, 0.3) is 0 Å². The average molecular weight is 243 g/mol. The molecule has 0 spiro atoms. The smallest absolute Gasteiger partial charge is 0.293 e. The topological polar surface area (TPSA) is 46.9 Å². The van der Waals surface area contributed by atoms with Gasteiger partial charge in [-0.05, 0) is 12.0 Å². The first-order valence-electron chi connectivity index (χ1n) is 6.05. The summed E-state index contributed by atoms with van der Waals surface area (Å²) in [4.78, 5) is 16.0. The van der Waals surface area contributed by atoms with Crippen LogP contribution in [0.3, 0.4) is 0 Å². The highest BCUT2D eigenvalue weighted by Crippen LogP contribution is 2.19. The van der Waals surface area contributed by atoms with E-state index in [9.17, 15) is 4.79 Å². The first-order chi connectivity index (χ1) is 8.72. The third-order valence-electron chi connectivity index (χ3n) is 2.94. The van der Waals surface area contributed by atoms with Gasteiger partial charge in [-0.15, -0.1) is 0 Å². The molecule has 1 aromatic carbocycles. The van der Waals surface area contributed by atoms with Gasteiger partial charge in [-0.3, -0.25) is 4.79 Å². The van der Waals surface area contributed by atoms with E-state index in [1.54, 1.807) is 19.4 Å². The fourth-order valence-corrected chi connectivity index (χ4v) is 1.87. The van der Waals surface area contributed by atoms with Crippen molar-refractivity contribution in [1.29, 1.82) is 0 Å². The maximum atomic E-state index is 11.9. The monoisotopic (exact) mass is 243 g/mol. The molecule has 1 unspecified atom stereocenters. The Morgan fingerprint density at radius 1 is 1.33 bits per heavy atom. The minimum Gasteiger partial charge on any atom is -0.359 e. The molecule has 94 valence electrons. The molecule has 0 aliphatic heterocycles. The average Bonchev–Trinajstić information content (AvgIpc) is 2.41. The van der Waals surface area contributed by atoms with Crippen molar-refractivity contribution < 1.29 is 0 Å². The summed E-state index contributed by atoms with van der Waals surface area (Å²) < 4.78 is 1.52. The third-order valence-corrected chi connectivity index (χ3v) is 2.94. The van der Waals surface area contributed by atoms with Crippen LogP contribution in [-0.2, 0) is 7.05 Å². The van der Waals surface area contributed by atoms with Gasteiger partial charge in [0.15, 0.2) is 5.82 Å². The van der Waals surface area contributed by atoms with E-state index >= 15 is 0 Å².